The number of hydrogen-bond donors (Lipinski definition) is 0. The molecule has 0 aliphatic heterocycles. The third kappa shape index (κ3) is 2.38. The number of hydrogen-bond acceptors (Lipinski definition) is 1. The molecular formula is C6H13N. The first-order valence-corrected chi connectivity index (χ1v) is 2.64. The second-order valence-electron chi connectivity index (χ2n) is 2.17. The first-order valence-electron chi connectivity index (χ1n) is 2.64. The summed E-state index contributed by atoms with van der Waals surface area (Å²) in [5, 5.41) is 0. The quantitative estimate of drug-likeness (QED) is 0.467. The highest BCUT2D eigenvalue weighted by molar-refractivity contribution is 5.24. The Labute approximate surface area is 45.5 Å². The van der Waals surface area contributed by atoms with Crippen molar-refractivity contribution in [3.63, 3.8) is 0 Å². The summed E-state index contributed by atoms with van der Waals surface area (Å²) in [5.41, 5.74) is 0. The molecule has 0 saturated heterocycles. The molecule has 1 heteroatoms. The third-order valence-electron chi connectivity index (χ3n) is 1.25. The van der Waals surface area contributed by atoms with Gasteiger partial charge >= 0.3 is 0 Å². The standard InChI is InChI=1S/C6H13N/c1-5(2)6(3)7-4/h5-6H,4H2,1-3H3. The lowest BCUT2D eigenvalue weighted by atomic mass is 10.1. The summed E-state index contributed by atoms with van der Waals surface area (Å²) >= 11 is 0. The Balaban J connectivity index is 3.33. The van der Waals surface area contributed by atoms with Gasteiger partial charge in [0.1, 0.15) is 0 Å². The van der Waals surface area contributed by atoms with E-state index < -0.39 is 0 Å². The molecule has 0 radical (unpaired) electrons. The molecule has 0 saturated carbocycles. The van der Waals surface area contributed by atoms with E-state index in [1.165, 1.54) is 0 Å². The molecule has 0 aliphatic rings. The maximum absolute atomic E-state index is 3.84. The molecule has 1 atom stereocenters. The first-order chi connectivity index (χ1) is 3.18. The van der Waals surface area contributed by atoms with Crippen LogP contribution in [0.5, 0.6) is 0 Å². The number of aliphatic imine (C=N–C) groups is 1. The molecular weight excluding hydrogens is 86.1 g/mol. The summed E-state index contributed by atoms with van der Waals surface area (Å²) in [5.74, 6) is 0.637. The van der Waals surface area contributed by atoms with Crippen LogP contribution in [0, 0.1) is 5.92 Å². The summed E-state index contributed by atoms with van der Waals surface area (Å²) in [6.45, 7) is 9.78. The van der Waals surface area contributed by atoms with Crippen LogP contribution >= 0.6 is 0 Å². The monoisotopic (exact) mass is 99.1 g/mol. The van der Waals surface area contributed by atoms with E-state index in [1.54, 1.807) is 0 Å². The van der Waals surface area contributed by atoms with Gasteiger partial charge in [-0.05, 0) is 19.6 Å². The maximum Gasteiger partial charge on any atom is 0.0487 e. The van der Waals surface area contributed by atoms with Gasteiger partial charge in [0, 0.05) is 6.04 Å². The molecule has 0 aromatic carbocycles. The minimum atomic E-state index is 0.417. The summed E-state index contributed by atoms with van der Waals surface area (Å²) in [7, 11) is 0. The number of rotatable bonds is 2. The molecule has 0 bridgehead atoms. The Hall–Kier alpha value is -0.330. The average Bonchev–Trinajstić information content (AvgIpc) is 1.65. The fourth-order valence-corrected chi connectivity index (χ4v) is 0.211. The molecule has 0 rings (SSSR count). The Morgan fingerprint density at radius 2 is 1.71 bits per heavy atom. The van der Waals surface area contributed by atoms with Crippen molar-refractivity contribution >= 4 is 6.72 Å². The fourth-order valence-electron chi connectivity index (χ4n) is 0.211. The molecule has 42 valence electrons. The predicted molar refractivity (Wildman–Crippen MR) is 33.8 cm³/mol. The summed E-state index contributed by atoms with van der Waals surface area (Å²) in [4.78, 5) is 3.84. The molecule has 0 heterocycles. The van der Waals surface area contributed by atoms with Crippen molar-refractivity contribution < 1.29 is 0 Å². The van der Waals surface area contributed by atoms with E-state index in [1.807, 2.05) is 0 Å². The van der Waals surface area contributed by atoms with E-state index in [4.69, 9.17) is 0 Å². The Bertz CT molecular complexity index is 57.2. The van der Waals surface area contributed by atoms with E-state index >= 15 is 0 Å². The molecule has 0 N–H and O–H groups in total. The zero-order valence-corrected chi connectivity index (χ0v) is 5.31. The van der Waals surface area contributed by atoms with E-state index in [9.17, 15) is 0 Å². The van der Waals surface area contributed by atoms with E-state index in [0.717, 1.165) is 0 Å². The Kier molecular flexibility index (Phi) is 2.65. The summed E-state index contributed by atoms with van der Waals surface area (Å²) < 4.78 is 0. The van der Waals surface area contributed by atoms with Crippen molar-refractivity contribution in [2.24, 2.45) is 10.9 Å². The van der Waals surface area contributed by atoms with Crippen molar-refractivity contribution in [3.8, 4) is 0 Å². The minimum absolute atomic E-state index is 0.417. The van der Waals surface area contributed by atoms with Crippen molar-refractivity contribution in [2.45, 2.75) is 26.8 Å². The van der Waals surface area contributed by atoms with E-state index in [-0.39, 0.29) is 0 Å². The van der Waals surface area contributed by atoms with Gasteiger partial charge in [-0.3, -0.25) is 4.99 Å². The van der Waals surface area contributed by atoms with Gasteiger partial charge in [0.15, 0.2) is 0 Å². The topological polar surface area (TPSA) is 12.4 Å². The maximum atomic E-state index is 3.84. The molecule has 0 amide bonds. The van der Waals surface area contributed by atoms with Crippen LogP contribution < -0.4 is 0 Å². The van der Waals surface area contributed by atoms with Crippen LogP contribution in [0.15, 0.2) is 4.99 Å². The van der Waals surface area contributed by atoms with Crippen LogP contribution in [-0.4, -0.2) is 12.8 Å². The van der Waals surface area contributed by atoms with Crippen molar-refractivity contribution in [1.82, 2.24) is 0 Å². The second-order valence-corrected chi connectivity index (χ2v) is 2.17. The molecule has 1 unspecified atom stereocenters. The van der Waals surface area contributed by atoms with Crippen LogP contribution in [0.2, 0.25) is 0 Å². The second kappa shape index (κ2) is 2.78. The van der Waals surface area contributed by atoms with Crippen molar-refractivity contribution in [2.75, 3.05) is 0 Å². The molecule has 0 spiro atoms. The van der Waals surface area contributed by atoms with Gasteiger partial charge in [-0.1, -0.05) is 13.8 Å². The summed E-state index contributed by atoms with van der Waals surface area (Å²) in [6.07, 6.45) is 0. The highest BCUT2D eigenvalue weighted by Crippen LogP contribution is 2.02. The Morgan fingerprint density at radius 1 is 1.29 bits per heavy atom. The first kappa shape index (κ1) is 6.67. The summed E-state index contributed by atoms with van der Waals surface area (Å²) in [6, 6.07) is 0.417. The normalized spacial score (nSPS) is 14.3. The van der Waals surface area contributed by atoms with E-state index in [0.29, 0.717) is 12.0 Å². The molecule has 7 heavy (non-hydrogen) atoms. The highest BCUT2D eigenvalue weighted by Gasteiger charge is 1.99. The van der Waals surface area contributed by atoms with Gasteiger partial charge in [0.2, 0.25) is 0 Å². The molecule has 0 aromatic heterocycles. The lowest BCUT2D eigenvalue weighted by Crippen LogP contribution is -2.05. The number of nitrogens with zero attached hydrogens (tertiary/aromatic N) is 1. The van der Waals surface area contributed by atoms with Crippen molar-refractivity contribution in [3.05, 3.63) is 0 Å². The van der Waals surface area contributed by atoms with Gasteiger partial charge in [-0.15, -0.1) is 0 Å². The van der Waals surface area contributed by atoms with Crippen LogP contribution in [0.4, 0.5) is 0 Å². The van der Waals surface area contributed by atoms with Crippen LogP contribution in [-0.2, 0) is 0 Å². The average molecular weight is 99.2 g/mol. The lowest BCUT2D eigenvalue weighted by molar-refractivity contribution is 0.534. The smallest absolute Gasteiger partial charge is 0.0487 e. The molecule has 0 aliphatic carbocycles. The van der Waals surface area contributed by atoms with Gasteiger partial charge < -0.3 is 0 Å². The van der Waals surface area contributed by atoms with Gasteiger partial charge in [0.05, 0.1) is 0 Å². The van der Waals surface area contributed by atoms with Crippen LogP contribution in [0.3, 0.4) is 0 Å². The molecule has 1 nitrogen and oxygen atoms in total. The fraction of sp³-hybridized carbons (Fsp3) is 0.833. The van der Waals surface area contributed by atoms with Crippen molar-refractivity contribution in [1.29, 1.82) is 0 Å². The third-order valence-corrected chi connectivity index (χ3v) is 1.25. The molecule has 0 aromatic rings. The lowest BCUT2D eigenvalue weighted by Gasteiger charge is -2.06. The SMILES string of the molecule is C=NC(C)C(C)C. The van der Waals surface area contributed by atoms with E-state index in [2.05, 4.69) is 32.5 Å². The zero-order valence-electron chi connectivity index (χ0n) is 5.31. The zero-order chi connectivity index (χ0) is 5.86. The molecule has 0 fully saturated rings. The predicted octanol–water partition coefficient (Wildman–Crippen LogP) is 1.73. The van der Waals surface area contributed by atoms with Gasteiger partial charge in [-0.25, -0.2) is 0 Å². The van der Waals surface area contributed by atoms with Crippen LogP contribution in [0.25, 0.3) is 0 Å². The van der Waals surface area contributed by atoms with Gasteiger partial charge in [-0.2, -0.15) is 0 Å². The Morgan fingerprint density at radius 3 is 1.71 bits per heavy atom. The highest BCUT2D eigenvalue weighted by atomic mass is 14.7. The minimum Gasteiger partial charge on any atom is -0.298 e. The largest absolute Gasteiger partial charge is 0.298 e. The van der Waals surface area contributed by atoms with Crippen LogP contribution in [0.1, 0.15) is 20.8 Å². The van der Waals surface area contributed by atoms with Gasteiger partial charge in [0.25, 0.3) is 0 Å².